The number of nitrogens with one attached hydrogen (secondary N) is 1. The average molecular weight is 322 g/mol. The second-order valence-corrected chi connectivity index (χ2v) is 4.28. The normalized spacial score (nSPS) is 10.8. The molecule has 4 nitrogen and oxygen atoms in total. The Morgan fingerprint density at radius 1 is 1.10 bits per heavy atom. The lowest BCUT2D eigenvalue weighted by atomic mass is 10.2. The molecule has 0 aliphatic carbocycles. The van der Waals surface area contributed by atoms with Gasteiger partial charge in [0.15, 0.2) is 29.1 Å². The van der Waals surface area contributed by atoms with Crippen molar-refractivity contribution in [1.82, 2.24) is 9.97 Å². The van der Waals surface area contributed by atoms with Gasteiger partial charge in [-0.3, -0.25) is 0 Å². The van der Waals surface area contributed by atoms with Crippen molar-refractivity contribution in [2.24, 2.45) is 0 Å². The van der Waals surface area contributed by atoms with E-state index in [1.165, 1.54) is 7.11 Å². The van der Waals surface area contributed by atoms with E-state index >= 15 is 0 Å². The highest BCUT2D eigenvalue weighted by Gasteiger charge is 2.20. The molecule has 2 aromatic rings. The maximum Gasteiger partial charge on any atom is 0.185 e. The van der Waals surface area contributed by atoms with Crippen LogP contribution in [0.1, 0.15) is 5.82 Å². The Balaban J connectivity index is 2.43. The zero-order valence-corrected chi connectivity index (χ0v) is 11.3. The minimum atomic E-state index is -1.57. The summed E-state index contributed by atoms with van der Waals surface area (Å²) in [6.07, 6.45) is 0. The number of benzene rings is 1. The molecule has 112 valence electrons. The van der Waals surface area contributed by atoms with Gasteiger partial charge in [0.05, 0.1) is 0 Å². The van der Waals surface area contributed by atoms with Crippen molar-refractivity contribution in [2.75, 3.05) is 12.4 Å². The Morgan fingerprint density at radius 2 is 1.71 bits per heavy atom. The first kappa shape index (κ1) is 15.5. The lowest BCUT2D eigenvalue weighted by molar-refractivity contribution is 0.178. The predicted octanol–water partition coefficient (Wildman–Crippen LogP) is 3.58. The highest BCUT2D eigenvalue weighted by molar-refractivity contribution is 6.29. The van der Waals surface area contributed by atoms with E-state index in [2.05, 4.69) is 15.3 Å². The van der Waals surface area contributed by atoms with Crippen LogP contribution in [0.5, 0.6) is 0 Å². The monoisotopic (exact) mass is 321 g/mol. The molecule has 0 atom stereocenters. The first-order valence-electron chi connectivity index (χ1n) is 5.54. The lowest BCUT2D eigenvalue weighted by Gasteiger charge is -2.10. The second-order valence-electron chi connectivity index (χ2n) is 3.89. The maximum atomic E-state index is 13.5. The van der Waals surface area contributed by atoms with Crippen molar-refractivity contribution in [3.8, 4) is 0 Å². The molecule has 0 amide bonds. The van der Waals surface area contributed by atoms with Gasteiger partial charge < -0.3 is 10.1 Å². The molecular formula is C12H8ClF4N3O. The molecule has 21 heavy (non-hydrogen) atoms. The Morgan fingerprint density at radius 3 is 2.29 bits per heavy atom. The van der Waals surface area contributed by atoms with E-state index in [1.54, 1.807) is 0 Å². The summed E-state index contributed by atoms with van der Waals surface area (Å²) in [6.45, 7) is -0.00227. The topological polar surface area (TPSA) is 47.0 Å². The molecule has 0 fully saturated rings. The van der Waals surface area contributed by atoms with Gasteiger partial charge in [0, 0.05) is 19.2 Å². The van der Waals surface area contributed by atoms with Crippen LogP contribution in [-0.2, 0) is 11.3 Å². The third kappa shape index (κ3) is 3.40. The van der Waals surface area contributed by atoms with Gasteiger partial charge in [-0.1, -0.05) is 11.6 Å². The van der Waals surface area contributed by atoms with E-state index in [0.717, 1.165) is 6.07 Å². The molecule has 1 N–H and O–H groups in total. The van der Waals surface area contributed by atoms with Crippen LogP contribution in [0.3, 0.4) is 0 Å². The standard InChI is InChI=1S/C12H8ClF4N3O/c1-21-4-9-18-7(13)3-8(19-9)20-12-10(16)5(14)2-6(15)11(12)17/h2-3H,4H2,1H3,(H,18,19,20). The summed E-state index contributed by atoms with van der Waals surface area (Å²) < 4.78 is 58.1. The zero-order chi connectivity index (χ0) is 15.6. The van der Waals surface area contributed by atoms with E-state index in [-0.39, 0.29) is 29.5 Å². The van der Waals surface area contributed by atoms with E-state index in [1.807, 2.05) is 0 Å². The molecule has 9 heteroatoms. The molecule has 0 unspecified atom stereocenters. The molecule has 0 spiro atoms. The minimum Gasteiger partial charge on any atom is -0.377 e. The number of halogens is 5. The number of methoxy groups -OCH3 is 1. The summed E-state index contributed by atoms with van der Waals surface area (Å²) >= 11 is 5.71. The lowest BCUT2D eigenvalue weighted by Crippen LogP contribution is -2.06. The first-order chi connectivity index (χ1) is 9.92. The van der Waals surface area contributed by atoms with Crippen molar-refractivity contribution in [2.45, 2.75) is 6.61 Å². The van der Waals surface area contributed by atoms with Gasteiger partial charge in [-0.05, 0) is 0 Å². The fourth-order valence-corrected chi connectivity index (χ4v) is 1.73. The smallest absolute Gasteiger partial charge is 0.185 e. The largest absolute Gasteiger partial charge is 0.377 e. The molecule has 1 heterocycles. The van der Waals surface area contributed by atoms with Crippen molar-refractivity contribution in [1.29, 1.82) is 0 Å². The van der Waals surface area contributed by atoms with Crippen molar-refractivity contribution in [3.05, 3.63) is 46.4 Å². The van der Waals surface area contributed by atoms with E-state index in [4.69, 9.17) is 16.3 Å². The number of anilines is 2. The number of aromatic nitrogens is 2. The molecule has 0 aliphatic rings. The van der Waals surface area contributed by atoms with Crippen LogP contribution >= 0.6 is 11.6 Å². The van der Waals surface area contributed by atoms with Gasteiger partial charge in [0.1, 0.15) is 23.3 Å². The number of ether oxygens (including phenoxy) is 1. The van der Waals surface area contributed by atoms with Gasteiger partial charge in [-0.25, -0.2) is 27.5 Å². The molecule has 2 rings (SSSR count). The maximum absolute atomic E-state index is 13.5. The second kappa shape index (κ2) is 6.23. The number of rotatable bonds is 4. The highest BCUT2D eigenvalue weighted by atomic mass is 35.5. The summed E-state index contributed by atoms with van der Waals surface area (Å²) in [7, 11) is 1.39. The predicted molar refractivity (Wildman–Crippen MR) is 67.3 cm³/mol. The van der Waals surface area contributed by atoms with Gasteiger partial charge in [-0.2, -0.15) is 0 Å². The average Bonchev–Trinajstić information content (AvgIpc) is 2.41. The fraction of sp³-hybridized carbons (Fsp3) is 0.167. The van der Waals surface area contributed by atoms with Crippen LogP contribution in [0.15, 0.2) is 12.1 Å². The van der Waals surface area contributed by atoms with Gasteiger partial charge in [0.25, 0.3) is 0 Å². The fourth-order valence-electron chi connectivity index (χ4n) is 1.53. The summed E-state index contributed by atoms with van der Waals surface area (Å²) in [6, 6.07) is 1.25. The van der Waals surface area contributed by atoms with Crippen LogP contribution < -0.4 is 5.32 Å². The van der Waals surface area contributed by atoms with Crippen LogP contribution in [0.4, 0.5) is 29.1 Å². The molecular weight excluding hydrogens is 314 g/mol. The number of hydrogen-bond donors (Lipinski definition) is 1. The SMILES string of the molecule is COCc1nc(Cl)cc(Nc2c(F)c(F)cc(F)c2F)n1. The summed E-state index contributed by atoms with van der Waals surface area (Å²) in [5, 5.41) is 2.11. The Hall–Kier alpha value is -1.93. The first-order valence-corrected chi connectivity index (χ1v) is 5.92. The summed E-state index contributed by atoms with van der Waals surface area (Å²) in [5.74, 6) is -6.22. The van der Waals surface area contributed by atoms with Crippen LogP contribution in [0.2, 0.25) is 5.15 Å². The molecule has 0 aliphatic heterocycles. The van der Waals surface area contributed by atoms with Crippen molar-refractivity contribution >= 4 is 23.1 Å². The van der Waals surface area contributed by atoms with E-state index in [0.29, 0.717) is 0 Å². The Bertz CT molecular complexity index is 658. The molecule has 0 saturated carbocycles. The van der Waals surface area contributed by atoms with Gasteiger partial charge >= 0.3 is 0 Å². The summed E-state index contributed by atoms with van der Waals surface area (Å²) in [4.78, 5) is 7.65. The highest BCUT2D eigenvalue weighted by Crippen LogP contribution is 2.27. The van der Waals surface area contributed by atoms with E-state index < -0.39 is 29.0 Å². The van der Waals surface area contributed by atoms with Gasteiger partial charge in [0.2, 0.25) is 0 Å². The number of hydrogen-bond acceptors (Lipinski definition) is 4. The molecule has 1 aromatic carbocycles. The Kier molecular flexibility index (Phi) is 4.59. The zero-order valence-electron chi connectivity index (χ0n) is 10.6. The minimum absolute atomic E-state index is 0.00227. The van der Waals surface area contributed by atoms with Crippen molar-refractivity contribution < 1.29 is 22.3 Å². The van der Waals surface area contributed by atoms with Crippen molar-refractivity contribution in [3.63, 3.8) is 0 Å². The van der Waals surface area contributed by atoms with Crippen LogP contribution in [-0.4, -0.2) is 17.1 Å². The molecule has 0 radical (unpaired) electrons. The number of nitrogens with zero attached hydrogens (tertiary/aromatic N) is 2. The third-order valence-corrected chi connectivity index (χ3v) is 2.57. The van der Waals surface area contributed by atoms with Gasteiger partial charge in [-0.15, -0.1) is 0 Å². The Labute approximate surface area is 121 Å². The quantitative estimate of drug-likeness (QED) is 0.531. The summed E-state index contributed by atoms with van der Waals surface area (Å²) in [5.41, 5.74) is -1.01. The van der Waals surface area contributed by atoms with Crippen LogP contribution in [0, 0.1) is 23.3 Å². The van der Waals surface area contributed by atoms with Crippen LogP contribution in [0.25, 0.3) is 0 Å². The molecule has 1 aromatic heterocycles. The van der Waals surface area contributed by atoms with E-state index in [9.17, 15) is 17.6 Å². The molecule has 0 bridgehead atoms. The third-order valence-electron chi connectivity index (χ3n) is 2.38. The molecule has 0 saturated heterocycles.